The molecule has 2 aromatic carbocycles. The first-order valence-corrected chi connectivity index (χ1v) is 8.42. The van der Waals surface area contributed by atoms with E-state index in [0.717, 1.165) is 27.3 Å². The molecule has 3 rings (SSSR count). The van der Waals surface area contributed by atoms with E-state index in [1.807, 2.05) is 18.2 Å². The highest BCUT2D eigenvalue weighted by atomic mass is 79.9. The van der Waals surface area contributed by atoms with Crippen molar-refractivity contribution in [2.75, 3.05) is 23.3 Å². The predicted molar refractivity (Wildman–Crippen MR) is 94.4 cm³/mol. The Morgan fingerprint density at radius 3 is 2.67 bits per heavy atom. The second kappa shape index (κ2) is 6.71. The van der Waals surface area contributed by atoms with Crippen LogP contribution in [0, 0.1) is 0 Å². The van der Waals surface area contributed by atoms with Crippen molar-refractivity contribution in [2.24, 2.45) is 0 Å². The Balaban J connectivity index is 1.68. The molecule has 21 heavy (non-hydrogen) atoms. The van der Waals surface area contributed by atoms with Crippen LogP contribution < -0.4 is 10.2 Å². The van der Waals surface area contributed by atoms with E-state index in [1.165, 1.54) is 31.6 Å². The van der Waals surface area contributed by atoms with Gasteiger partial charge in [-0.2, -0.15) is 0 Å². The summed E-state index contributed by atoms with van der Waals surface area (Å²) in [5.74, 6) is 0. The molecule has 2 aromatic rings. The summed E-state index contributed by atoms with van der Waals surface area (Å²) in [6, 6.07) is 14.6. The summed E-state index contributed by atoms with van der Waals surface area (Å²) in [5, 5.41) is 4.24. The molecular formula is C17H18BrClN2. The number of anilines is 2. The fourth-order valence-electron chi connectivity index (χ4n) is 2.65. The predicted octanol–water partition coefficient (Wildman–Crippen LogP) is 5.31. The largest absolute Gasteiger partial charge is 0.381 e. The summed E-state index contributed by atoms with van der Waals surface area (Å²) < 4.78 is 1.01. The van der Waals surface area contributed by atoms with Crippen molar-refractivity contribution < 1.29 is 0 Å². The molecule has 1 aliphatic heterocycles. The number of rotatable bonds is 4. The van der Waals surface area contributed by atoms with Gasteiger partial charge in [0, 0.05) is 40.5 Å². The van der Waals surface area contributed by atoms with Crippen LogP contribution in [0.2, 0.25) is 5.02 Å². The molecular weight excluding hydrogens is 348 g/mol. The van der Waals surface area contributed by atoms with E-state index in [1.54, 1.807) is 0 Å². The monoisotopic (exact) mass is 364 g/mol. The van der Waals surface area contributed by atoms with Crippen LogP contribution in [0.15, 0.2) is 46.9 Å². The molecule has 110 valence electrons. The maximum absolute atomic E-state index is 6.25. The van der Waals surface area contributed by atoms with Crippen molar-refractivity contribution in [3.63, 3.8) is 0 Å². The molecule has 1 aliphatic rings. The van der Waals surface area contributed by atoms with Crippen LogP contribution in [-0.2, 0) is 6.54 Å². The van der Waals surface area contributed by atoms with Crippen LogP contribution in [-0.4, -0.2) is 13.1 Å². The van der Waals surface area contributed by atoms with Crippen molar-refractivity contribution in [3.8, 4) is 0 Å². The summed E-state index contributed by atoms with van der Waals surface area (Å²) in [5.41, 5.74) is 3.55. The Hall–Kier alpha value is -1.19. The fourth-order valence-corrected chi connectivity index (χ4v) is 3.39. The second-order valence-electron chi connectivity index (χ2n) is 5.33. The molecule has 0 aliphatic carbocycles. The first-order valence-electron chi connectivity index (χ1n) is 7.25. The van der Waals surface area contributed by atoms with Gasteiger partial charge in [0.1, 0.15) is 0 Å². The minimum atomic E-state index is 0.732. The average molecular weight is 366 g/mol. The van der Waals surface area contributed by atoms with Crippen molar-refractivity contribution in [1.29, 1.82) is 0 Å². The number of hydrogen-bond acceptors (Lipinski definition) is 2. The standard InChI is InChI=1S/C17H18BrClN2/c18-14-7-6-13(17(19)10-14)12-20-15-4-3-5-16(11-15)21-8-1-2-9-21/h3-7,10-11,20H,1-2,8-9,12H2. The maximum atomic E-state index is 6.25. The molecule has 0 amide bonds. The van der Waals surface area contributed by atoms with Crippen LogP contribution in [0.4, 0.5) is 11.4 Å². The van der Waals surface area contributed by atoms with Crippen molar-refractivity contribution in [2.45, 2.75) is 19.4 Å². The lowest BCUT2D eigenvalue weighted by Gasteiger charge is -2.18. The highest BCUT2D eigenvalue weighted by Gasteiger charge is 2.12. The van der Waals surface area contributed by atoms with Gasteiger partial charge in [-0.15, -0.1) is 0 Å². The summed E-state index contributed by atoms with van der Waals surface area (Å²) in [6.07, 6.45) is 2.60. The first-order chi connectivity index (χ1) is 10.2. The minimum absolute atomic E-state index is 0.732. The molecule has 1 saturated heterocycles. The normalized spacial score (nSPS) is 14.5. The van der Waals surface area contributed by atoms with E-state index in [9.17, 15) is 0 Å². The number of halogens is 2. The van der Waals surface area contributed by atoms with Gasteiger partial charge >= 0.3 is 0 Å². The molecule has 2 nitrogen and oxygen atoms in total. The molecule has 0 spiro atoms. The Morgan fingerprint density at radius 1 is 1.10 bits per heavy atom. The van der Waals surface area contributed by atoms with Crippen LogP contribution in [0.25, 0.3) is 0 Å². The van der Waals surface area contributed by atoms with Crippen LogP contribution >= 0.6 is 27.5 Å². The van der Waals surface area contributed by atoms with Crippen molar-refractivity contribution in [3.05, 3.63) is 57.5 Å². The van der Waals surface area contributed by atoms with E-state index in [-0.39, 0.29) is 0 Å². The molecule has 4 heteroatoms. The number of benzene rings is 2. The highest BCUT2D eigenvalue weighted by Crippen LogP contribution is 2.25. The van der Waals surface area contributed by atoms with Crippen molar-refractivity contribution >= 4 is 38.9 Å². The minimum Gasteiger partial charge on any atom is -0.381 e. The van der Waals surface area contributed by atoms with Crippen LogP contribution in [0.5, 0.6) is 0 Å². The van der Waals surface area contributed by atoms with E-state index in [2.05, 4.69) is 50.4 Å². The third kappa shape index (κ3) is 3.72. The van der Waals surface area contributed by atoms with Gasteiger partial charge in [0.05, 0.1) is 0 Å². The van der Waals surface area contributed by atoms with Crippen LogP contribution in [0.3, 0.4) is 0 Å². The summed E-state index contributed by atoms with van der Waals surface area (Å²) >= 11 is 9.68. The van der Waals surface area contributed by atoms with Gasteiger partial charge in [-0.25, -0.2) is 0 Å². The third-order valence-corrected chi connectivity index (χ3v) is 4.66. The van der Waals surface area contributed by atoms with E-state index in [4.69, 9.17) is 11.6 Å². The van der Waals surface area contributed by atoms with Gasteiger partial charge in [-0.1, -0.05) is 39.7 Å². The van der Waals surface area contributed by atoms with Crippen LogP contribution in [0.1, 0.15) is 18.4 Å². The molecule has 0 atom stereocenters. The molecule has 0 bridgehead atoms. The zero-order valence-corrected chi connectivity index (χ0v) is 14.1. The molecule has 0 saturated carbocycles. The summed E-state index contributed by atoms with van der Waals surface area (Å²) in [4.78, 5) is 2.44. The Morgan fingerprint density at radius 2 is 1.90 bits per heavy atom. The Labute approximate surface area is 139 Å². The fraction of sp³-hybridized carbons (Fsp3) is 0.294. The molecule has 1 heterocycles. The summed E-state index contributed by atoms with van der Waals surface area (Å²) in [6.45, 7) is 3.07. The Kier molecular flexibility index (Phi) is 4.71. The van der Waals surface area contributed by atoms with Gasteiger partial charge in [0.25, 0.3) is 0 Å². The van der Waals surface area contributed by atoms with Gasteiger partial charge in [-0.3, -0.25) is 0 Å². The molecule has 1 N–H and O–H groups in total. The molecule has 0 radical (unpaired) electrons. The summed E-state index contributed by atoms with van der Waals surface area (Å²) in [7, 11) is 0. The quantitative estimate of drug-likeness (QED) is 0.789. The van der Waals surface area contributed by atoms with E-state index < -0.39 is 0 Å². The number of nitrogens with zero attached hydrogens (tertiary/aromatic N) is 1. The maximum Gasteiger partial charge on any atom is 0.0467 e. The first kappa shape index (κ1) is 14.7. The second-order valence-corrected chi connectivity index (χ2v) is 6.66. The Bertz CT molecular complexity index is 624. The highest BCUT2D eigenvalue weighted by molar-refractivity contribution is 9.10. The molecule has 0 unspecified atom stereocenters. The number of nitrogens with one attached hydrogen (secondary N) is 1. The lowest BCUT2D eigenvalue weighted by molar-refractivity contribution is 0.949. The number of hydrogen-bond donors (Lipinski definition) is 1. The van der Waals surface area contributed by atoms with Crippen molar-refractivity contribution in [1.82, 2.24) is 0 Å². The molecule has 1 fully saturated rings. The average Bonchev–Trinajstić information content (AvgIpc) is 3.01. The lowest BCUT2D eigenvalue weighted by Crippen LogP contribution is -2.17. The molecule has 0 aromatic heterocycles. The zero-order chi connectivity index (χ0) is 14.7. The van der Waals surface area contributed by atoms with E-state index >= 15 is 0 Å². The van der Waals surface area contributed by atoms with Gasteiger partial charge in [0.15, 0.2) is 0 Å². The SMILES string of the molecule is Clc1cc(Br)ccc1CNc1cccc(N2CCCC2)c1. The van der Waals surface area contributed by atoms with Gasteiger partial charge in [-0.05, 0) is 48.7 Å². The smallest absolute Gasteiger partial charge is 0.0467 e. The van der Waals surface area contributed by atoms with Gasteiger partial charge < -0.3 is 10.2 Å². The van der Waals surface area contributed by atoms with E-state index in [0.29, 0.717) is 0 Å². The van der Waals surface area contributed by atoms with Gasteiger partial charge in [0.2, 0.25) is 0 Å². The zero-order valence-electron chi connectivity index (χ0n) is 11.8. The lowest BCUT2D eigenvalue weighted by atomic mass is 10.2. The topological polar surface area (TPSA) is 15.3 Å². The third-order valence-electron chi connectivity index (χ3n) is 3.82.